The Morgan fingerprint density at radius 2 is 2.00 bits per heavy atom. The number of hydrogen-bond donors (Lipinski definition) is 3. The quantitative estimate of drug-likeness (QED) is 0.637. The SMILES string of the molecule is CN(CCCCCC1CC(c2ccc(F)cc2)NN1)C(=O)CN. The van der Waals surface area contributed by atoms with Crippen molar-refractivity contribution in [2.24, 2.45) is 5.73 Å². The van der Waals surface area contributed by atoms with Gasteiger partial charge in [-0.3, -0.25) is 15.6 Å². The monoisotopic (exact) mass is 322 g/mol. The zero-order valence-electron chi connectivity index (χ0n) is 13.7. The topological polar surface area (TPSA) is 70.4 Å². The molecule has 6 heteroatoms. The maximum absolute atomic E-state index is 13.0. The summed E-state index contributed by atoms with van der Waals surface area (Å²) >= 11 is 0. The summed E-state index contributed by atoms with van der Waals surface area (Å²) in [5.74, 6) is -0.205. The minimum Gasteiger partial charge on any atom is -0.345 e. The summed E-state index contributed by atoms with van der Waals surface area (Å²) in [7, 11) is 1.80. The average Bonchev–Trinajstić information content (AvgIpc) is 3.03. The molecule has 0 bridgehead atoms. The van der Waals surface area contributed by atoms with Crippen molar-refractivity contribution in [2.75, 3.05) is 20.1 Å². The van der Waals surface area contributed by atoms with E-state index in [0.29, 0.717) is 6.04 Å². The predicted octanol–water partition coefficient (Wildman–Crippen LogP) is 1.71. The van der Waals surface area contributed by atoms with Gasteiger partial charge < -0.3 is 10.6 Å². The average molecular weight is 322 g/mol. The van der Waals surface area contributed by atoms with E-state index in [4.69, 9.17) is 5.73 Å². The van der Waals surface area contributed by atoms with Crippen molar-refractivity contribution in [3.05, 3.63) is 35.6 Å². The molecule has 1 aromatic rings. The van der Waals surface area contributed by atoms with E-state index in [-0.39, 0.29) is 24.3 Å². The molecular formula is C17H27FN4O. The van der Waals surface area contributed by atoms with Gasteiger partial charge in [0.05, 0.1) is 6.54 Å². The largest absolute Gasteiger partial charge is 0.345 e. The molecule has 1 aliphatic rings. The molecule has 1 aliphatic heterocycles. The smallest absolute Gasteiger partial charge is 0.236 e. The van der Waals surface area contributed by atoms with Crippen molar-refractivity contribution in [1.29, 1.82) is 0 Å². The molecule has 0 aliphatic carbocycles. The second kappa shape index (κ2) is 8.96. The summed E-state index contributed by atoms with van der Waals surface area (Å²) in [6.45, 7) is 0.851. The fourth-order valence-electron chi connectivity index (χ4n) is 2.92. The van der Waals surface area contributed by atoms with Crippen LogP contribution in [-0.2, 0) is 4.79 Å². The highest BCUT2D eigenvalue weighted by molar-refractivity contribution is 5.77. The number of nitrogens with zero attached hydrogens (tertiary/aromatic N) is 1. The van der Waals surface area contributed by atoms with Gasteiger partial charge in [-0.1, -0.05) is 25.0 Å². The molecule has 2 atom stereocenters. The lowest BCUT2D eigenvalue weighted by Gasteiger charge is -2.16. The van der Waals surface area contributed by atoms with E-state index in [2.05, 4.69) is 10.9 Å². The molecule has 23 heavy (non-hydrogen) atoms. The lowest BCUT2D eigenvalue weighted by Crippen LogP contribution is -2.33. The van der Waals surface area contributed by atoms with Gasteiger partial charge in [0, 0.05) is 25.7 Å². The number of nitrogens with one attached hydrogen (secondary N) is 2. The van der Waals surface area contributed by atoms with Gasteiger partial charge in [-0.05, 0) is 37.0 Å². The Morgan fingerprint density at radius 3 is 2.70 bits per heavy atom. The molecular weight excluding hydrogens is 295 g/mol. The molecule has 1 amide bonds. The molecule has 0 spiro atoms. The Hall–Kier alpha value is -1.50. The minimum absolute atomic E-state index is 0.00574. The van der Waals surface area contributed by atoms with Crippen molar-refractivity contribution in [1.82, 2.24) is 15.8 Å². The Balaban J connectivity index is 1.61. The maximum atomic E-state index is 13.0. The summed E-state index contributed by atoms with van der Waals surface area (Å²) in [5, 5.41) is 0. The molecule has 0 saturated carbocycles. The maximum Gasteiger partial charge on any atom is 0.236 e. The lowest BCUT2D eigenvalue weighted by molar-refractivity contribution is -0.128. The molecule has 2 unspecified atom stereocenters. The van der Waals surface area contributed by atoms with Crippen molar-refractivity contribution in [3.63, 3.8) is 0 Å². The number of amides is 1. The minimum atomic E-state index is -0.200. The molecule has 128 valence electrons. The first-order chi connectivity index (χ1) is 11.1. The number of nitrogens with two attached hydrogens (primary N) is 1. The number of hydrogen-bond acceptors (Lipinski definition) is 4. The third-order valence-electron chi connectivity index (χ3n) is 4.40. The zero-order chi connectivity index (χ0) is 16.7. The van der Waals surface area contributed by atoms with Crippen molar-refractivity contribution in [2.45, 2.75) is 44.2 Å². The Kier molecular flexibility index (Phi) is 6.95. The fourth-order valence-corrected chi connectivity index (χ4v) is 2.92. The molecule has 2 rings (SSSR count). The highest BCUT2D eigenvalue weighted by Crippen LogP contribution is 2.24. The van der Waals surface area contributed by atoms with Gasteiger partial charge in [-0.25, -0.2) is 4.39 Å². The standard InChI is InChI=1S/C17H27FN4O/c1-22(17(23)12-19)10-4-2-3-5-15-11-16(21-20-15)13-6-8-14(18)9-7-13/h6-9,15-16,20-21H,2-5,10-12,19H2,1H3. The van der Waals surface area contributed by atoms with Crippen LogP contribution in [0.25, 0.3) is 0 Å². The van der Waals surface area contributed by atoms with E-state index in [9.17, 15) is 9.18 Å². The van der Waals surface area contributed by atoms with Crippen LogP contribution in [0, 0.1) is 5.82 Å². The highest BCUT2D eigenvalue weighted by Gasteiger charge is 2.24. The number of rotatable bonds is 8. The molecule has 1 aromatic carbocycles. The van der Waals surface area contributed by atoms with Crippen molar-refractivity contribution >= 4 is 5.91 Å². The zero-order valence-corrected chi connectivity index (χ0v) is 13.7. The predicted molar refractivity (Wildman–Crippen MR) is 89.0 cm³/mol. The van der Waals surface area contributed by atoms with Crippen LogP contribution >= 0.6 is 0 Å². The van der Waals surface area contributed by atoms with Crippen LogP contribution in [-0.4, -0.2) is 37.0 Å². The van der Waals surface area contributed by atoms with E-state index in [1.54, 1.807) is 11.9 Å². The molecule has 0 radical (unpaired) electrons. The summed E-state index contributed by atoms with van der Waals surface area (Å²) in [6.07, 6.45) is 5.34. The van der Waals surface area contributed by atoms with E-state index < -0.39 is 0 Å². The number of halogens is 1. The summed E-state index contributed by atoms with van der Waals surface area (Å²) in [5.41, 5.74) is 13.0. The van der Waals surface area contributed by atoms with Gasteiger partial charge in [-0.2, -0.15) is 0 Å². The first kappa shape index (κ1) is 17.8. The highest BCUT2D eigenvalue weighted by atomic mass is 19.1. The normalized spacial score (nSPS) is 20.7. The van der Waals surface area contributed by atoms with Crippen LogP contribution in [0.4, 0.5) is 4.39 Å². The third-order valence-corrected chi connectivity index (χ3v) is 4.40. The Labute approximate surface area is 137 Å². The Bertz CT molecular complexity index is 494. The van der Waals surface area contributed by atoms with E-state index in [1.165, 1.54) is 12.1 Å². The molecule has 1 heterocycles. The van der Waals surface area contributed by atoms with E-state index in [1.807, 2.05) is 12.1 Å². The number of benzene rings is 1. The van der Waals surface area contributed by atoms with Crippen LogP contribution < -0.4 is 16.6 Å². The van der Waals surface area contributed by atoms with Gasteiger partial charge in [0.2, 0.25) is 5.91 Å². The third kappa shape index (κ3) is 5.57. The summed E-state index contributed by atoms with van der Waals surface area (Å²) < 4.78 is 13.0. The Morgan fingerprint density at radius 1 is 1.26 bits per heavy atom. The van der Waals surface area contributed by atoms with Gasteiger partial charge in [-0.15, -0.1) is 0 Å². The van der Waals surface area contributed by atoms with Crippen LogP contribution in [0.15, 0.2) is 24.3 Å². The summed E-state index contributed by atoms with van der Waals surface area (Å²) in [6, 6.07) is 7.36. The number of carbonyl (C=O) groups is 1. The second-order valence-corrected chi connectivity index (χ2v) is 6.19. The van der Waals surface area contributed by atoms with Crippen LogP contribution in [0.1, 0.15) is 43.7 Å². The van der Waals surface area contributed by atoms with Gasteiger partial charge in [0.25, 0.3) is 0 Å². The van der Waals surface area contributed by atoms with Gasteiger partial charge in [0.1, 0.15) is 5.82 Å². The first-order valence-electron chi connectivity index (χ1n) is 8.30. The molecule has 0 aromatic heterocycles. The van der Waals surface area contributed by atoms with Gasteiger partial charge in [0.15, 0.2) is 0 Å². The molecule has 1 saturated heterocycles. The van der Waals surface area contributed by atoms with Crippen LogP contribution in [0.5, 0.6) is 0 Å². The first-order valence-corrected chi connectivity index (χ1v) is 8.30. The molecule has 4 N–H and O–H groups in total. The number of carbonyl (C=O) groups excluding carboxylic acids is 1. The van der Waals surface area contributed by atoms with Crippen LogP contribution in [0.3, 0.4) is 0 Å². The lowest BCUT2D eigenvalue weighted by atomic mass is 9.99. The van der Waals surface area contributed by atoms with Crippen molar-refractivity contribution < 1.29 is 9.18 Å². The fraction of sp³-hybridized carbons (Fsp3) is 0.588. The second-order valence-electron chi connectivity index (χ2n) is 6.19. The molecule has 1 fully saturated rings. The van der Waals surface area contributed by atoms with E-state index >= 15 is 0 Å². The van der Waals surface area contributed by atoms with Gasteiger partial charge >= 0.3 is 0 Å². The number of unbranched alkanes of at least 4 members (excludes halogenated alkanes) is 2. The van der Waals surface area contributed by atoms with Crippen molar-refractivity contribution in [3.8, 4) is 0 Å². The number of hydrazine groups is 1. The van der Waals surface area contributed by atoms with E-state index in [0.717, 1.165) is 44.2 Å². The number of likely N-dealkylation sites (N-methyl/N-ethyl adjacent to an activating group) is 1. The van der Waals surface area contributed by atoms with Crippen LogP contribution in [0.2, 0.25) is 0 Å². The molecule has 5 nitrogen and oxygen atoms in total. The summed E-state index contributed by atoms with van der Waals surface area (Å²) in [4.78, 5) is 13.0.